The smallest absolute Gasteiger partial charge is 0.275 e. The lowest BCUT2D eigenvalue weighted by molar-refractivity contribution is 0.0952. The maximum atomic E-state index is 11.9. The van der Waals surface area contributed by atoms with Crippen molar-refractivity contribution in [3.8, 4) is 17.2 Å². The summed E-state index contributed by atoms with van der Waals surface area (Å²) in [6, 6.07) is 11.6. The van der Waals surface area contributed by atoms with Gasteiger partial charge in [-0.1, -0.05) is 12.1 Å². The number of hydrogen-bond donors (Lipinski definition) is 2. The SMILES string of the molecule is CCOc1cc(/C=N\NC(=O)c2ccccc2O)ccc1OC. The first kappa shape index (κ1) is 16.4. The van der Waals surface area contributed by atoms with E-state index in [4.69, 9.17) is 9.47 Å². The minimum Gasteiger partial charge on any atom is -0.507 e. The average Bonchev–Trinajstić information content (AvgIpc) is 2.56. The largest absolute Gasteiger partial charge is 0.507 e. The van der Waals surface area contributed by atoms with E-state index in [0.29, 0.717) is 18.1 Å². The fraction of sp³-hybridized carbons (Fsp3) is 0.176. The van der Waals surface area contributed by atoms with E-state index in [-0.39, 0.29) is 11.3 Å². The third-order valence-electron chi connectivity index (χ3n) is 3.02. The van der Waals surface area contributed by atoms with Crippen LogP contribution < -0.4 is 14.9 Å². The number of phenolic OH excluding ortho intramolecular Hbond substituents is 1. The van der Waals surface area contributed by atoms with E-state index in [1.165, 1.54) is 18.3 Å². The van der Waals surface area contributed by atoms with Crippen molar-refractivity contribution in [3.05, 3.63) is 53.6 Å². The van der Waals surface area contributed by atoms with Crippen LogP contribution in [0.25, 0.3) is 0 Å². The van der Waals surface area contributed by atoms with Crippen LogP contribution in [0.2, 0.25) is 0 Å². The van der Waals surface area contributed by atoms with Crippen molar-refractivity contribution in [3.63, 3.8) is 0 Å². The van der Waals surface area contributed by atoms with Crippen LogP contribution in [0.1, 0.15) is 22.8 Å². The highest BCUT2D eigenvalue weighted by molar-refractivity contribution is 5.97. The second kappa shape index (κ2) is 7.84. The zero-order chi connectivity index (χ0) is 16.7. The number of hydrazone groups is 1. The second-order valence-corrected chi connectivity index (χ2v) is 4.56. The summed E-state index contributed by atoms with van der Waals surface area (Å²) in [6.45, 7) is 2.40. The van der Waals surface area contributed by atoms with E-state index < -0.39 is 5.91 Å². The number of carbonyl (C=O) groups excluding carboxylic acids is 1. The normalized spacial score (nSPS) is 10.5. The molecule has 0 aliphatic heterocycles. The molecule has 0 saturated carbocycles. The van der Waals surface area contributed by atoms with Gasteiger partial charge in [-0.3, -0.25) is 4.79 Å². The Hall–Kier alpha value is -3.02. The molecule has 0 aliphatic carbocycles. The number of methoxy groups -OCH3 is 1. The fourth-order valence-electron chi connectivity index (χ4n) is 1.93. The highest BCUT2D eigenvalue weighted by Crippen LogP contribution is 2.27. The first-order valence-corrected chi connectivity index (χ1v) is 7.08. The molecule has 2 aromatic carbocycles. The van der Waals surface area contributed by atoms with Gasteiger partial charge in [0.1, 0.15) is 5.75 Å². The molecule has 6 heteroatoms. The Balaban J connectivity index is 2.07. The number of aromatic hydroxyl groups is 1. The quantitative estimate of drug-likeness (QED) is 0.634. The molecule has 0 aromatic heterocycles. The molecule has 6 nitrogen and oxygen atoms in total. The van der Waals surface area contributed by atoms with Crippen molar-refractivity contribution in [2.24, 2.45) is 5.10 Å². The van der Waals surface area contributed by atoms with Crippen LogP contribution >= 0.6 is 0 Å². The zero-order valence-electron chi connectivity index (χ0n) is 12.9. The fourth-order valence-corrected chi connectivity index (χ4v) is 1.93. The lowest BCUT2D eigenvalue weighted by Gasteiger charge is -2.09. The number of phenols is 1. The molecule has 2 rings (SSSR count). The van der Waals surface area contributed by atoms with Crippen molar-refractivity contribution >= 4 is 12.1 Å². The zero-order valence-corrected chi connectivity index (χ0v) is 12.9. The van der Waals surface area contributed by atoms with Crippen molar-refractivity contribution in [1.29, 1.82) is 0 Å². The van der Waals surface area contributed by atoms with Gasteiger partial charge >= 0.3 is 0 Å². The maximum Gasteiger partial charge on any atom is 0.275 e. The molecule has 2 N–H and O–H groups in total. The number of benzene rings is 2. The van der Waals surface area contributed by atoms with E-state index in [1.807, 2.05) is 6.92 Å². The summed E-state index contributed by atoms with van der Waals surface area (Å²) in [4.78, 5) is 11.9. The molecule has 0 fully saturated rings. The van der Waals surface area contributed by atoms with E-state index in [1.54, 1.807) is 37.4 Å². The Labute approximate surface area is 134 Å². The molecular formula is C17H18N2O4. The predicted molar refractivity (Wildman–Crippen MR) is 87.3 cm³/mol. The number of rotatable bonds is 6. The number of nitrogens with zero attached hydrogens (tertiary/aromatic N) is 1. The number of amides is 1. The van der Waals surface area contributed by atoms with Gasteiger partial charge in [-0.25, -0.2) is 5.43 Å². The van der Waals surface area contributed by atoms with Gasteiger partial charge in [0.05, 0.1) is 25.5 Å². The van der Waals surface area contributed by atoms with Crippen LogP contribution in [0.5, 0.6) is 17.2 Å². The summed E-state index contributed by atoms with van der Waals surface area (Å²) < 4.78 is 10.7. The molecule has 0 aliphatic rings. The van der Waals surface area contributed by atoms with Crippen LogP contribution in [0.15, 0.2) is 47.6 Å². The summed E-state index contributed by atoms with van der Waals surface area (Å²) in [7, 11) is 1.57. The Morgan fingerprint density at radius 2 is 2.04 bits per heavy atom. The van der Waals surface area contributed by atoms with Gasteiger partial charge in [0.2, 0.25) is 0 Å². The Bertz CT molecular complexity index is 713. The predicted octanol–water partition coefficient (Wildman–Crippen LogP) is 2.56. The summed E-state index contributed by atoms with van der Waals surface area (Å²) in [5.41, 5.74) is 3.27. The highest BCUT2D eigenvalue weighted by atomic mass is 16.5. The monoisotopic (exact) mass is 314 g/mol. The van der Waals surface area contributed by atoms with E-state index >= 15 is 0 Å². The van der Waals surface area contributed by atoms with Crippen LogP contribution in [0.3, 0.4) is 0 Å². The number of para-hydroxylation sites is 1. The molecule has 0 atom stereocenters. The van der Waals surface area contributed by atoms with Gasteiger partial charge in [-0.2, -0.15) is 5.10 Å². The first-order chi connectivity index (χ1) is 11.2. The molecule has 0 spiro atoms. The van der Waals surface area contributed by atoms with Gasteiger partial charge in [0.15, 0.2) is 11.5 Å². The Morgan fingerprint density at radius 3 is 2.74 bits per heavy atom. The van der Waals surface area contributed by atoms with Crippen LogP contribution in [-0.4, -0.2) is 30.9 Å². The van der Waals surface area contributed by atoms with Gasteiger partial charge < -0.3 is 14.6 Å². The van der Waals surface area contributed by atoms with Crippen LogP contribution in [-0.2, 0) is 0 Å². The molecule has 23 heavy (non-hydrogen) atoms. The van der Waals surface area contributed by atoms with Gasteiger partial charge in [-0.15, -0.1) is 0 Å². The minimum atomic E-state index is -0.488. The summed E-state index contributed by atoms with van der Waals surface area (Å²) in [5.74, 6) is 0.648. The van der Waals surface area contributed by atoms with Crippen molar-refractivity contribution in [1.82, 2.24) is 5.43 Å². The lowest BCUT2D eigenvalue weighted by Crippen LogP contribution is -2.17. The Morgan fingerprint density at radius 1 is 1.26 bits per heavy atom. The van der Waals surface area contributed by atoms with Crippen molar-refractivity contribution < 1.29 is 19.4 Å². The highest BCUT2D eigenvalue weighted by Gasteiger charge is 2.08. The van der Waals surface area contributed by atoms with Crippen molar-refractivity contribution in [2.45, 2.75) is 6.92 Å². The molecule has 1 amide bonds. The standard InChI is InChI=1S/C17H18N2O4/c1-3-23-16-10-12(8-9-15(16)22-2)11-18-19-17(21)13-6-4-5-7-14(13)20/h4-11,20H,3H2,1-2H3,(H,19,21)/b18-11-. The number of hydrogen-bond acceptors (Lipinski definition) is 5. The summed E-state index contributed by atoms with van der Waals surface area (Å²) in [6.07, 6.45) is 1.49. The van der Waals surface area contributed by atoms with Crippen LogP contribution in [0.4, 0.5) is 0 Å². The lowest BCUT2D eigenvalue weighted by atomic mass is 10.2. The third kappa shape index (κ3) is 4.23. The van der Waals surface area contributed by atoms with Gasteiger partial charge in [0, 0.05) is 0 Å². The molecule has 2 aromatic rings. The molecule has 0 bridgehead atoms. The maximum absolute atomic E-state index is 11.9. The molecule has 0 heterocycles. The van der Waals surface area contributed by atoms with Gasteiger partial charge in [0.25, 0.3) is 5.91 Å². The minimum absolute atomic E-state index is 0.0942. The van der Waals surface area contributed by atoms with E-state index in [9.17, 15) is 9.90 Å². The summed E-state index contributed by atoms with van der Waals surface area (Å²) in [5, 5.41) is 13.5. The number of ether oxygens (including phenoxy) is 2. The molecule has 0 saturated heterocycles. The first-order valence-electron chi connectivity index (χ1n) is 7.08. The topological polar surface area (TPSA) is 80.2 Å². The number of nitrogens with one attached hydrogen (secondary N) is 1. The average molecular weight is 314 g/mol. The summed E-state index contributed by atoms with van der Waals surface area (Å²) >= 11 is 0. The van der Waals surface area contributed by atoms with Gasteiger partial charge in [-0.05, 0) is 42.8 Å². The number of carbonyl (C=O) groups is 1. The Kier molecular flexibility index (Phi) is 5.57. The molecule has 0 unspecified atom stereocenters. The molecule has 120 valence electrons. The van der Waals surface area contributed by atoms with Crippen molar-refractivity contribution in [2.75, 3.05) is 13.7 Å². The van der Waals surface area contributed by atoms with E-state index in [2.05, 4.69) is 10.5 Å². The molecule has 0 radical (unpaired) electrons. The van der Waals surface area contributed by atoms with E-state index in [0.717, 1.165) is 5.56 Å². The molecular weight excluding hydrogens is 296 g/mol. The third-order valence-corrected chi connectivity index (χ3v) is 3.02. The van der Waals surface area contributed by atoms with Crippen LogP contribution in [0, 0.1) is 0 Å². The second-order valence-electron chi connectivity index (χ2n) is 4.56.